The van der Waals surface area contributed by atoms with Crippen LogP contribution in [-0.2, 0) is 0 Å². The highest BCUT2D eigenvalue weighted by Gasteiger charge is 2.46. The van der Waals surface area contributed by atoms with Crippen molar-refractivity contribution in [1.82, 2.24) is 15.1 Å². The summed E-state index contributed by atoms with van der Waals surface area (Å²) in [7, 11) is 0. The number of halogens is 4. The van der Waals surface area contributed by atoms with Gasteiger partial charge in [0.25, 0.3) is 5.91 Å². The van der Waals surface area contributed by atoms with E-state index in [4.69, 9.17) is 0 Å². The third-order valence-corrected chi connectivity index (χ3v) is 5.91. The number of amides is 1. The largest absolute Gasteiger partial charge is 0.410 e. The van der Waals surface area contributed by atoms with Crippen LogP contribution in [0.2, 0.25) is 0 Å². The Bertz CT molecular complexity index is 859. The molecule has 5 nitrogen and oxygen atoms in total. The minimum absolute atomic E-state index is 0.0140. The minimum atomic E-state index is -4.46. The summed E-state index contributed by atoms with van der Waals surface area (Å²) in [5.74, 6) is -0.213. The molecule has 1 amide bonds. The van der Waals surface area contributed by atoms with E-state index in [9.17, 15) is 18.0 Å². The zero-order valence-electron chi connectivity index (χ0n) is 15.0. The summed E-state index contributed by atoms with van der Waals surface area (Å²) in [6.07, 6.45) is -0.754. The van der Waals surface area contributed by atoms with Crippen molar-refractivity contribution in [1.29, 1.82) is 0 Å². The molecule has 0 saturated heterocycles. The molecule has 0 unspecified atom stereocenters. The van der Waals surface area contributed by atoms with Crippen molar-refractivity contribution in [2.45, 2.75) is 56.4 Å². The summed E-state index contributed by atoms with van der Waals surface area (Å²) in [5.41, 5.74) is 0.766. The number of rotatable bonds is 3. The summed E-state index contributed by atoms with van der Waals surface area (Å²) < 4.78 is 42.9. The molecule has 28 heavy (non-hydrogen) atoms. The third kappa shape index (κ3) is 3.90. The quantitative estimate of drug-likeness (QED) is 0.684. The SMILES string of the molecule is O=C(NC1CCCC1)c1cc2n(n1)[C@H](C(F)(F)F)C[C@@H](c1ccc(Br)cc1)N2. The van der Waals surface area contributed by atoms with Gasteiger partial charge in [-0.15, -0.1) is 0 Å². The number of benzene rings is 1. The highest BCUT2D eigenvalue weighted by Crippen LogP contribution is 2.43. The predicted octanol–water partition coefficient (Wildman–Crippen LogP) is 4.98. The standard InChI is InChI=1S/C19H20BrF3N4O/c20-12-7-5-11(6-8-12)14-9-16(19(21,22)23)27-17(25-14)10-15(26-27)18(28)24-13-3-1-2-4-13/h5-8,10,13-14,16,25H,1-4,9H2,(H,24,28)/t14-,16-/m0/s1. The van der Waals surface area contributed by atoms with E-state index >= 15 is 0 Å². The van der Waals surface area contributed by atoms with Gasteiger partial charge in [-0.1, -0.05) is 40.9 Å². The first-order valence-electron chi connectivity index (χ1n) is 9.30. The highest BCUT2D eigenvalue weighted by molar-refractivity contribution is 9.10. The zero-order valence-corrected chi connectivity index (χ0v) is 16.6. The molecule has 0 radical (unpaired) electrons. The Kier molecular flexibility index (Phi) is 5.11. The molecule has 2 aliphatic rings. The number of fused-ring (bicyclic) bond motifs is 1. The summed E-state index contributed by atoms with van der Waals surface area (Å²) >= 11 is 3.33. The zero-order chi connectivity index (χ0) is 19.9. The van der Waals surface area contributed by atoms with E-state index in [0.717, 1.165) is 40.4 Å². The molecule has 2 aromatic rings. The molecule has 0 bridgehead atoms. The maximum Gasteiger partial charge on any atom is 0.410 e. The van der Waals surface area contributed by atoms with E-state index < -0.39 is 24.2 Å². The molecule has 1 fully saturated rings. The number of carbonyl (C=O) groups excluding carboxylic acids is 1. The smallest absolute Gasteiger partial charge is 0.363 e. The van der Waals surface area contributed by atoms with Crippen LogP contribution in [0, 0.1) is 0 Å². The normalized spacial score (nSPS) is 22.6. The number of nitrogens with zero attached hydrogens (tertiary/aromatic N) is 2. The molecule has 4 rings (SSSR count). The van der Waals surface area contributed by atoms with Crippen molar-refractivity contribution in [2.24, 2.45) is 0 Å². The van der Waals surface area contributed by atoms with Crippen LogP contribution in [0.3, 0.4) is 0 Å². The van der Waals surface area contributed by atoms with Crippen molar-refractivity contribution in [2.75, 3.05) is 5.32 Å². The van der Waals surface area contributed by atoms with Gasteiger partial charge in [-0.2, -0.15) is 18.3 Å². The lowest BCUT2D eigenvalue weighted by atomic mass is 9.97. The van der Waals surface area contributed by atoms with Crippen molar-refractivity contribution in [3.05, 3.63) is 46.1 Å². The second-order valence-corrected chi connectivity index (χ2v) is 8.27. The van der Waals surface area contributed by atoms with Crippen LogP contribution < -0.4 is 10.6 Å². The van der Waals surface area contributed by atoms with Crippen molar-refractivity contribution >= 4 is 27.7 Å². The van der Waals surface area contributed by atoms with Gasteiger partial charge >= 0.3 is 6.18 Å². The first-order chi connectivity index (χ1) is 13.3. The van der Waals surface area contributed by atoms with Crippen molar-refractivity contribution in [3.8, 4) is 0 Å². The molecule has 1 saturated carbocycles. The molecule has 2 heterocycles. The van der Waals surface area contributed by atoms with E-state index in [2.05, 4.69) is 31.7 Å². The van der Waals surface area contributed by atoms with Gasteiger partial charge in [0, 0.05) is 23.0 Å². The number of carbonyl (C=O) groups is 1. The summed E-state index contributed by atoms with van der Waals surface area (Å²) in [6, 6.07) is 6.35. The van der Waals surface area contributed by atoms with Gasteiger partial charge in [-0.25, -0.2) is 4.68 Å². The molecule has 9 heteroatoms. The maximum atomic E-state index is 13.7. The molecule has 2 atom stereocenters. The maximum absolute atomic E-state index is 13.7. The lowest BCUT2D eigenvalue weighted by Crippen LogP contribution is -2.36. The van der Waals surface area contributed by atoms with Crippen LogP contribution >= 0.6 is 15.9 Å². The van der Waals surface area contributed by atoms with E-state index in [0.29, 0.717) is 0 Å². The number of hydrogen-bond acceptors (Lipinski definition) is 3. The monoisotopic (exact) mass is 456 g/mol. The molecule has 150 valence electrons. The average molecular weight is 457 g/mol. The molecular weight excluding hydrogens is 437 g/mol. The molecule has 1 aromatic heterocycles. The average Bonchev–Trinajstić information content (AvgIpc) is 3.29. The van der Waals surface area contributed by atoms with Gasteiger partial charge in [-0.3, -0.25) is 4.79 Å². The van der Waals surface area contributed by atoms with Crippen LogP contribution in [0.1, 0.15) is 60.2 Å². The molecule has 1 aliphatic carbocycles. The van der Waals surface area contributed by atoms with Crippen molar-refractivity contribution < 1.29 is 18.0 Å². The van der Waals surface area contributed by atoms with Gasteiger partial charge in [0.2, 0.25) is 0 Å². The van der Waals surface area contributed by atoms with E-state index in [1.54, 1.807) is 24.3 Å². The van der Waals surface area contributed by atoms with Crippen LogP contribution in [-0.4, -0.2) is 27.9 Å². The number of aromatic nitrogens is 2. The lowest BCUT2D eigenvalue weighted by Gasteiger charge is -2.33. The highest BCUT2D eigenvalue weighted by atomic mass is 79.9. The van der Waals surface area contributed by atoms with Crippen molar-refractivity contribution in [3.63, 3.8) is 0 Å². The fraction of sp³-hybridized carbons (Fsp3) is 0.474. The lowest BCUT2D eigenvalue weighted by molar-refractivity contribution is -0.173. The van der Waals surface area contributed by atoms with Gasteiger partial charge in [0.1, 0.15) is 5.82 Å². The Morgan fingerprint density at radius 2 is 1.89 bits per heavy atom. The number of nitrogens with one attached hydrogen (secondary N) is 2. The Hall–Kier alpha value is -2.03. The second-order valence-electron chi connectivity index (χ2n) is 7.36. The molecule has 1 aromatic carbocycles. The second kappa shape index (κ2) is 7.42. The topological polar surface area (TPSA) is 59.0 Å². The number of hydrogen-bond donors (Lipinski definition) is 2. The minimum Gasteiger partial charge on any atom is -0.363 e. The predicted molar refractivity (Wildman–Crippen MR) is 102 cm³/mol. The van der Waals surface area contributed by atoms with Gasteiger partial charge in [-0.05, 0) is 30.5 Å². The van der Waals surface area contributed by atoms with E-state index in [1.807, 2.05) is 0 Å². The van der Waals surface area contributed by atoms with E-state index in [1.165, 1.54) is 6.07 Å². The van der Waals surface area contributed by atoms with Crippen LogP contribution in [0.5, 0.6) is 0 Å². The van der Waals surface area contributed by atoms with Gasteiger partial charge in [0.05, 0.1) is 6.04 Å². The summed E-state index contributed by atoms with van der Waals surface area (Å²) in [4.78, 5) is 12.5. The van der Waals surface area contributed by atoms with Crippen LogP contribution in [0.4, 0.5) is 19.0 Å². The van der Waals surface area contributed by atoms with E-state index in [-0.39, 0.29) is 24.0 Å². The molecule has 0 spiro atoms. The van der Waals surface area contributed by atoms with Crippen LogP contribution in [0.25, 0.3) is 0 Å². The molecule has 1 aliphatic heterocycles. The third-order valence-electron chi connectivity index (χ3n) is 5.39. The Balaban J connectivity index is 1.62. The Morgan fingerprint density at radius 1 is 1.21 bits per heavy atom. The van der Waals surface area contributed by atoms with Crippen LogP contribution in [0.15, 0.2) is 34.8 Å². The molecule has 2 N–H and O–H groups in total. The number of anilines is 1. The fourth-order valence-corrected chi connectivity index (χ4v) is 4.19. The molecular formula is C19H20BrF3N4O. The Labute approximate surface area is 168 Å². The summed E-state index contributed by atoms with van der Waals surface area (Å²) in [6.45, 7) is 0. The van der Waals surface area contributed by atoms with Gasteiger partial charge < -0.3 is 10.6 Å². The first kappa shape index (κ1) is 19.3. The van der Waals surface area contributed by atoms with Gasteiger partial charge in [0.15, 0.2) is 11.7 Å². The number of alkyl halides is 3. The summed E-state index contributed by atoms with van der Waals surface area (Å²) in [5, 5.41) is 9.98. The fourth-order valence-electron chi connectivity index (χ4n) is 3.93. The first-order valence-corrected chi connectivity index (χ1v) is 10.1. The Morgan fingerprint density at radius 3 is 2.54 bits per heavy atom.